The summed E-state index contributed by atoms with van der Waals surface area (Å²) in [6.45, 7) is 9.57. The fourth-order valence-electron chi connectivity index (χ4n) is 3.28. The fraction of sp³-hybridized carbons (Fsp3) is 0.471. The number of fused-ring (bicyclic) bond motifs is 1. The number of rotatable bonds is 1. The van der Waals surface area contributed by atoms with Crippen LogP contribution in [0, 0.1) is 20.8 Å². The van der Waals surface area contributed by atoms with E-state index in [2.05, 4.69) is 50.5 Å². The molecule has 2 heterocycles. The summed E-state index contributed by atoms with van der Waals surface area (Å²) in [5, 5.41) is 0. The Morgan fingerprint density at radius 3 is 2.75 bits per heavy atom. The van der Waals surface area contributed by atoms with Crippen LogP contribution in [0.2, 0.25) is 0 Å². The first-order valence-electron chi connectivity index (χ1n) is 7.37. The van der Waals surface area contributed by atoms with Crippen molar-refractivity contribution in [3.63, 3.8) is 0 Å². The zero-order chi connectivity index (χ0) is 14.4. The highest BCUT2D eigenvalue weighted by Crippen LogP contribution is 2.33. The van der Waals surface area contributed by atoms with E-state index >= 15 is 0 Å². The van der Waals surface area contributed by atoms with Crippen molar-refractivity contribution in [1.82, 2.24) is 9.55 Å². The van der Waals surface area contributed by atoms with Crippen molar-refractivity contribution >= 4 is 0 Å². The normalized spacial score (nSPS) is 21.9. The van der Waals surface area contributed by atoms with Crippen LogP contribution in [0.3, 0.4) is 0 Å². The lowest BCUT2D eigenvalue weighted by atomic mass is 9.98. The van der Waals surface area contributed by atoms with Crippen LogP contribution in [0.15, 0.2) is 18.2 Å². The maximum atomic E-state index is 6.16. The molecule has 1 aromatic carbocycles. The predicted octanol–water partition coefficient (Wildman–Crippen LogP) is 3.31. The van der Waals surface area contributed by atoms with Gasteiger partial charge in [0.25, 0.3) is 0 Å². The molecule has 0 bridgehead atoms. The Kier molecular flexibility index (Phi) is 3.17. The van der Waals surface area contributed by atoms with Crippen LogP contribution in [-0.4, -0.2) is 15.6 Å². The van der Waals surface area contributed by atoms with E-state index in [0.29, 0.717) is 5.92 Å². The molecule has 0 aliphatic carbocycles. The number of nitrogens with two attached hydrogens (primary N) is 1. The Hall–Kier alpha value is -1.61. The SMILES string of the molecule is Cc1ccc(C)c(-c2nc3n(c2C)CC(N)CC3C)c1. The van der Waals surface area contributed by atoms with Gasteiger partial charge in [0.15, 0.2) is 0 Å². The number of hydrogen-bond donors (Lipinski definition) is 1. The molecule has 0 saturated heterocycles. The van der Waals surface area contributed by atoms with Crippen molar-refractivity contribution in [2.75, 3.05) is 0 Å². The highest BCUT2D eigenvalue weighted by molar-refractivity contribution is 5.67. The van der Waals surface area contributed by atoms with Crippen LogP contribution < -0.4 is 5.73 Å². The van der Waals surface area contributed by atoms with Crippen LogP contribution in [-0.2, 0) is 6.54 Å². The van der Waals surface area contributed by atoms with Gasteiger partial charge in [-0.1, -0.05) is 24.6 Å². The third-order valence-electron chi connectivity index (χ3n) is 4.41. The lowest BCUT2D eigenvalue weighted by Crippen LogP contribution is -2.34. The van der Waals surface area contributed by atoms with Gasteiger partial charge in [-0.2, -0.15) is 0 Å². The highest BCUT2D eigenvalue weighted by Gasteiger charge is 2.27. The molecule has 106 valence electrons. The molecule has 2 N–H and O–H groups in total. The van der Waals surface area contributed by atoms with Crippen molar-refractivity contribution < 1.29 is 0 Å². The van der Waals surface area contributed by atoms with Gasteiger partial charge in [-0.15, -0.1) is 0 Å². The van der Waals surface area contributed by atoms with E-state index in [1.54, 1.807) is 0 Å². The van der Waals surface area contributed by atoms with Gasteiger partial charge >= 0.3 is 0 Å². The van der Waals surface area contributed by atoms with Gasteiger partial charge in [0.05, 0.1) is 5.69 Å². The number of hydrogen-bond acceptors (Lipinski definition) is 2. The minimum absolute atomic E-state index is 0.247. The molecule has 20 heavy (non-hydrogen) atoms. The summed E-state index contributed by atoms with van der Waals surface area (Å²) in [6, 6.07) is 6.82. The third kappa shape index (κ3) is 2.06. The molecule has 1 aliphatic heterocycles. The van der Waals surface area contributed by atoms with E-state index in [0.717, 1.165) is 18.7 Å². The molecule has 0 saturated carbocycles. The van der Waals surface area contributed by atoms with E-state index in [4.69, 9.17) is 10.7 Å². The van der Waals surface area contributed by atoms with E-state index in [1.807, 2.05) is 0 Å². The number of imidazole rings is 1. The van der Waals surface area contributed by atoms with Gasteiger partial charge in [-0.05, 0) is 38.8 Å². The lowest BCUT2D eigenvalue weighted by Gasteiger charge is -2.26. The largest absolute Gasteiger partial charge is 0.330 e. The maximum absolute atomic E-state index is 6.16. The predicted molar refractivity (Wildman–Crippen MR) is 82.9 cm³/mol. The first-order chi connectivity index (χ1) is 9.47. The standard InChI is InChI=1S/C17H23N3/c1-10-5-6-11(2)15(7-10)16-13(4)20-9-14(18)8-12(3)17(20)19-16/h5-7,12,14H,8-9,18H2,1-4H3. The molecular formula is C17H23N3. The Labute approximate surface area is 120 Å². The second kappa shape index (κ2) is 4.74. The minimum Gasteiger partial charge on any atom is -0.330 e. The maximum Gasteiger partial charge on any atom is 0.112 e. The van der Waals surface area contributed by atoms with Gasteiger partial charge in [-0.25, -0.2) is 4.98 Å². The van der Waals surface area contributed by atoms with Gasteiger partial charge in [0, 0.05) is 29.8 Å². The molecule has 2 unspecified atom stereocenters. The summed E-state index contributed by atoms with van der Waals surface area (Å²) < 4.78 is 2.32. The van der Waals surface area contributed by atoms with Crippen LogP contribution in [0.1, 0.15) is 41.9 Å². The summed E-state index contributed by atoms with van der Waals surface area (Å²) in [5.74, 6) is 1.64. The Morgan fingerprint density at radius 2 is 2.00 bits per heavy atom. The van der Waals surface area contributed by atoms with Crippen molar-refractivity contribution in [3.8, 4) is 11.3 Å². The van der Waals surface area contributed by atoms with Gasteiger partial charge in [0.2, 0.25) is 0 Å². The smallest absolute Gasteiger partial charge is 0.112 e. The van der Waals surface area contributed by atoms with Crippen LogP contribution in [0.25, 0.3) is 11.3 Å². The van der Waals surface area contributed by atoms with E-state index in [1.165, 1.54) is 28.2 Å². The zero-order valence-electron chi connectivity index (χ0n) is 12.8. The van der Waals surface area contributed by atoms with Gasteiger partial charge < -0.3 is 10.3 Å². The van der Waals surface area contributed by atoms with Crippen LogP contribution in [0.4, 0.5) is 0 Å². The summed E-state index contributed by atoms with van der Waals surface area (Å²) >= 11 is 0. The monoisotopic (exact) mass is 269 g/mol. The second-order valence-corrected chi connectivity index (χ2v) is 6.23. The number of aromatic nitrogens is 2. The summed E-state index contributed by atoms with van der Waals surface area (Å²) in [4.78, 5) is 4.95. The minimum atomic E-state index is 0.247. The van der Waals surface area contributed by atoms with E-state index in [-0.39, 0.29) is 6.04 Å². The number of benzene rings is 1. The first kappa shape index (κ1) is 13.4. The van der Waals surface area contributed by atoms with Gasteiger partial charge in [-0.3, -0.25) is 0 Å². The molecule has 0 fully saturated rings. The van der Waals surface area contributed by atoms with E-state index < -0.39 is 0 Å². The number of aryl methyl sites for hydroxylation is 2. The van der Waals surface area contributed by atoms with Crippen molar-refractivity contribution in [2.45, 2.75) is 52.6 Å². The molecule has 0 spiro atoms. The summed E-state index contributed by atoms with van der Waals surface area (Å²) in [7, 11) is 0. The lowest BCUT2D eigenvalue weighted by molar-refractivity contribution is 0.403. The first-order valence-corrected chi connectivity index (χ1v) is 7.37. The summed E-state index contributed by atoms with van der Waals surface area (Å²) in [6.07, 6.45) is 1.03. The Morgan fingerprint density at radius 1 is 1.25 bits per heavy atom. The van der Waals surface area contributed by atoms with Crippen LogP contribution in [0.5, 0.6) is 0 Å². The molecular weight excluding hydrogens is 246 g/mol. The molecule has 3 rings (SSSR count). The third-order valence-corrected chi connectivity index (χ3v) is 4.41. The molecule has 0 radical (unpaired) electrons. The molecule has 1 aliphatic rings. The Bertz CT molecular complexity index is 654. The molecule has 3 heteroatoms. The molecule has 2 atom stereocenters. The zero-order valence-corrected chi connectivity index (χ0v) is 12.8. The quantitative estimate of drug-likeness (QED) is 0.863. The average molecular weight is 269 g/mol. The van der Waals surface area contributed by atoms with Crippen molar-refractivity contribution in [2.24, 2.45) is 5.73 Å². The molecule has 1 aromatic heterocycles. The van der Waals surface area contributed by atoms with Crippen molar-refractivity contribution in [1.29, 1.82) is 0 Å². The average Bonchev–Trinajstić information content (AvgIpc) is 2.71. The summed E-state index contributed by atoms with van der Waals surface area (Å²) in [5.41, 5.74) is 12.4. The molecule has 3 nitrogen and oxygen atoms in total. The fourth-order valence-corrected chi connectivity index (χ4v) is 3.28. The highest BCUT2D eigenvalue weighted by atomic mass is 15.1. The molecule has 0 amide bonds. The van der Waals surface area contributed by atoms with Crippen molar-refractivity contribution in [3.05, 3.63) is 40.8 Å². The molecule has 2 aromatic rings. The van der Waals surface area contributed by atoms with Gasteiger partial charge in [0.1, 0.15) is 5.82 Å². The Balaban J connectivity index is 2.17. The number of nitrogens with zero attached hydrogens (tertiary/aromatic N) is 2. The van der Waals surface area contributed by atoms with E-state index in [9.17, 15) is 0 Å². The topological polar surface area (TPSA) is 43.8 Å². The van der Waals surface area contributed by atoms with Crippen LogP contribution >= 0.6 is 0 Å². The second-order valence-electron chi connectivity index (χ2n) is 6.23.